The van der Waals surface area contributed by atoms with Crippen molar-refractivity contribution in [2.24, 2.45) is 5.92 Å². The molecule has 2 atom stereocenters. The van der Waals surface area contributed by atoms with E-state index in [1.54, 1.807) is 17.0 Å². The molecule has 2 fully saturated rings. The number of sulfonamides is 1. The monoisotopic (exact) mass is 755 g/mol. The number of ether oxygens (including phenoxy) is 3. The average molecular weight is 757 g/mol. The summed E-state index contributed by atoms with van der Waals surface area (Å²) in [6, 6.07) is 8.88. The third-order valence-corrected chi connectivity index (χ3v) is 12.4. The van der Waals surface area contributed by atoms with Crippen molar-refractivity contribution >= 4 is 62.6 Å². The molecule has 0 bridgehead atoms. The number of carbonyl (C=O) groups excluding carboxylic acids is 2. The number of aromatic nitrogens is 1. The fraction of sp³-hybridized carbons (Fsp3) is 0.424. The lowest BCUT2D eigenvalue weighted by Gasteiger charge is -2.29. The fourth-order valence-electron chi connectivity index (χ4n) is 5.85. The normalized spacial score (nSPS) is 18.7. The Hall–Kier alpha value is -3.17. The molecule has 1 aromatic heterocycles. The smallest absolute Gasteiger partial charge is 0.387 e. The van der Waals surface area contributed by atoms with Crippen molar-refractivity contribution in [2.45, 2.75) is 62.0 Å². The highest BCUT2D eigenvalue weighted by atomic mass is 35.5. The summed E-state index contributed by atoms with van der Waals surface area (Å²) in [5.41, 5.74) is 2.19. The van der Waals surface area contributed by atoms with Crippen LogP contribution in [0.5, 0.6) is 11.5 Å². The Morgan fingerprint density at radius 3 is 2.51 bits per heavy atom. The van der Waals surface area contributed by atoms with E-state index >= 15 is 0 Å². The molecule has 3 aliphatic rings. The molecule has 0 spiro atoms. The Balaban J connectivity index is 1.29. The van der Waals surface area contributed by atoms with Gasteiger partial charge in [0.2, 0.25) is 15.9 Å². The Bertz CT molecular complexity index is 1830. The van der Waals surface area contributed by atoms with Crippen LogP contribution in [0.3, 0.4) is 0 Å². The number of esters is 1. The van der Waals surface area contributed by atoms with Gasteiger partial charge in [0, 0.05) is 50.3 Å². The molecule has 0 radical (unpaired) electrons. The maximum absolute atomic E-state index is 14.0. The average Bonchev–Trinajstić information content (AvgIpc) is 3.76. The minimum atomic E-state index is -4.16. The van der Waals surface area contributed by atoms with E-state index in [1.165, 1.54) is 43.6 Å². The number of nitrogens with zero attached hydrogens (tertiary/aromatic N) is 3. The molecule has 6 rings (SSSR count). The number of hydrogen-bond acceptors (Lipinski definition) is 9. The maximum Gasteiger partial charge on any atom is 0.387 e. The minimum absolute atomic E-state index is 0.0101. The summed E-state index contributed by atoms with van der Waals surface area (Å²) in [4.78, 5) is 31.7. The molecule has 16 heteroatoms. The Morgan fingerprint density at radius 2 is 1.82 bits per heavy atom. The third-order valence-electron chi connectivity index (χ3n) is 8.53. The van der Waals surface area contributed by atoms with Crippen LogP contribution in [0.1, 0.15) is 49.0 Å². The Kier molecular flexibility index (Phi) is 10.9. The van der Waals surface area contributed by atoms with Gasteiger partial charge in [-0.15, -0.1) is 11.8 Å². The molecule has 1 saturated carbocycles. The standard InChI is InChI=1S/C33H33Cl2F2N3O7S2/c1-19(41)39-10-2-3-21-13-23(7-8-27(21)39)49(43,44)40-11-12-48-31(40)32(42)46-29(15-24-25(34)16-38-17-26(24)35)22-6-9-28(47-33(36)37)30(14-22)45-18-20-4-5-20/h6-9,13-14,16-17,20,29,31,33H,2-5,10-12,15,18H2,1H3. The summed E-state index contributed by atoms with van der Waals surface area (Å²) < 4.78 is 72.1. The van der Waals surface area contributed by atoms with Crippen LogP contribution in [0.2, 0.25) is 10.0 Å². The zero-order valence-corrected chi connectivity index (χ0v) is 29.5. The number of fused-ring (bicyclic) bond motifs is 1. The molecule has 2 aromatic carbocycles. The summed E-state index contributed by atoms with van der Waals surface area (Å²) >= 11 is 14.0. The van der Waals surface area contributed by atoms with Gasteiger partial charge in [-0.3, -0.25) is 9.78 Å². The van der Waals surface area contributed by atoms with Crippen LogP contribution in [0.15, 0.2) is 53.7 Å². The highest BCUT2D eigenvalue weighted by Gasteiger charge is 2.42. The zero-order chi connectivity index (χ0) is 34.9. The van der Waals surface area contributed by atoms with Crippen molar-refractivity contribution in [1.29, 1.82) is 0 Å². The van der Waals surface area contributed by atoms with Crippen LogP contribution in [-0.4, -0.2) is 67.0 Å². The zero-order valence-electron chi connectivity index (χ0n) is 26.3. The lowest BCUT2D eigenvalue weighted by Crippen LogP contribution is -2.41. The highest BCUT2D eigenvalue weighted by molar-refractivity contribution is 8.02. The van der Waals surface area contributed by atoms with Crippen LogP contribution in [0.4, 0.5) is 14.5 Å². The number of alkyl halides is 2. The van der Waals surface area contributed by atoms with Crippen molar-refractivity contribution in [3.05, 3.63) is 75.5 Å². The van der Waals surface area contributed by atoms with Gasteiger partial charge in [-0.1, -0.05) is 29.3 Å². The molecule has 2 aliphatic heterocycles. The summed E-state index contributed by atoms with van der Waals surface area (Å²) in [6.07, 6.45) is 4.89. The molecule has 1 saturated heterocycles. The van der Waals surface area contributed by atoms with Crippen molar-refractivity contribution in [1.82, 2.24) is 9.29 Å². The largest absolute Gasteiger partial charge is 0.489 e. The van der Waals surface area contributed by atoms with Crippen LogP contribution in [0, 0.1) is 5.92 Å². The SMILES string of the molecule is CC(=O)N1CCCc2cc(S(=O)(=O)N3CCSC3C(=O)OC(Cc3c(Cl)cncc3Cl)c3ccc(OC(F)F)c(OCC4CC4)c3)ccc21. The first-order valence-electron chi connectivity index (χ1n) is 15.7. The number of pyridine rings is 1. The van der Waals surface area contributed by atoms with Gasteiger partial charge >= 0.3 is 12.6 Å². The fourth-order valence-corrected chi connectivity index (χ4v) is 9.47. The lowest BCUT2D eigenvalue weighted by atomic mass is 10.0. The predicted molar refractivity (Wildman–Crippen MR) is 181 cm³/mol. The molecule has 262 valence electrons. The first-order valence-corrected chi connectivity index (χ1v) is 18.9. The van der Waals surface area contributed by atoms with Gasteiger partial charge < -0.3 is 19.1 Å². The van der Waals surface area contributed by atoms with Gasteiger partial charge in [-0.2, -0.15) is 13.1 Å². The van der Waals surface area contributed by atoms with Crippen molar-refractivity contribution in [2.75, 3.05) is 30.3 Å². The molecule has 2 unspecified atom stereocenters. The summed E-state index contributed by atoms with van der Waals surface area (Å²) in [6.45, 7) is -0.703. The van der Waals surface area contributed by atoms with Gasteiger partial charge in [0.25, 0.3) is 0 Å². The summed E-state index contributed by atoms with van der Waals surface area (Å²) in [5.74, 6) is -0.435. The van der Waals surface area contributed by atoms with Gasteiger partial charge in [0.1, 0.15) is 6.10 Å². The molecular weight excluding hydrogens is 723 g/mol. The number of anilines is 1. The van der Waals surface area contributed by atoms with Gasteiger partial charge in [0.15, 0.2) is 16.9 Å². The third kappa shape index (κ3) is 8.09. The number of benzene rings is 2. The van der Waals surface area contributed by atoms with E-state index in [0.717, 1.165) is 34.5 Å². The molecule has 1 amide bonds. The topological polar surface area (TPSA) is 115 Å². The number of amides is 1. The number of thioether (sulfide) groups is 1. The summed E-state index contributed by atoms with van der Waals surface area (Å²) in [5, 5.41) is -0.786. The molecule has 1 aliphatic carbocycles. The van der Waals surface area contributed by atoms with Crippen LogP contribution in [-0.2, 0) is 37.2 Å². The minimum Gasteiger partial charge on any atom is -0.489 e. The van der Waals surface area contributed by atoms with Crippen molar-refractivity contribution in [3.63, 3.8) is 0 Å². The molecule has 0 N–H and O–H groups in total. The van der Waals surface area contributed by atoms with Gasteiger partial charge in [-0.25, -0.2) is 13.2 Å². The molecule has 10 nitrogen and oxygen atoms in total. The maximum atomic E-state index is 14.0. The highest BCUT2D eigenvalue weighted by Crippen LogP contribution is 2.40. The van der Waals surface area contributed by atoms with E-state index in [-0.39, 0.29) is 45.3 Å². The second-order valence-electron chi connectivity index (χ2n) is 12.0. The van der Waals surface area contributed by atoms with Gasteiger partial charge in [-0.05, 0) is 78.6 Å². The van der Waals surface area contributed by atoms with Crippen LogP contribution in [0.25, 0.3) is 0 Å². The summed E-state index contributed by atoms with van der Waals surface area (Å²) in [7, 11) is -4.16. The van der Waals surface area contributed by atoms with E-state index in [4.69, 9.17) is 32.7 Å². The van der Waals surface area contributed by atoms with Crippen LogP contribution < -0.4 is 14.4 Å². The van der Waals surface area contributed by atoms with E-state index in [9.17, 15) is 26.8 Å². The lowest BCUT2D eigenvalue weighted by molar-refractivity contribution is -0.150. The number of rotatable bonds is 12. The predicted octanol–water partition coefficient (Wildman–Crippen LogP) is 6.67. The Morgan fingerprint density at radius 1 is 1.06 bits per heavy atom. The first kappa shape index (κ1) is 35.6. The first-order chi connectivity index (χ1) is 23.4. The molecule has 49 heavy (non-hydrogen) atoms. The Labute approximate surface area is 297 Å². The quantitative estimate of drug-likeness (QED) is 0.187. The van der Waals surface area contributed by atoms with E-state index in [0.29, 0.717) is 54.5 Å². The van der Waals surface area contributed by atoms with E-state index in [1.807, 2.05) is 0 Å². The van der Waals surface area contributed by atoms with E-state index < -0.39 is 34.1 Å². The van der Waals surface area contributed by atoms with Gasteiger partial charge in [0.05, 0.1) is 21.5 Å². The molecule has 3 aromatic rings. The molecular formula is C33H33Cl2F2N3O7S2. The number of hydrogen-bond donors (Lipinski definition) is 0. The number of aryl methyl sites for hydroxylation is 1. The van der Waals surface area contributed by atoms with E-state index in [2.05, 4.69) is 9.72 Å². The van der Waals surface area contributed by atoms with Crippen molar-refractivity contribution in [3.8, 4) is 11.5 Å². The van der Waals surface area contributed by atoms with Crippen molar-refractivity contribution < 1.29 is 41.0 Å². The molecule has 3 heterocycles. The van der Waals surface area contributed by atoms with Crippen LogP contribution >= 0.6 is 35.0 Å². The number of carbonyl (C=O) groups is 2. The number of halogens is 4. The second-order valence-corrected chi connectivity index (χ2v) is 15.8. The second kappa shape index (κ2) is 15.0.